The van der Waals surface area contributed by atoms with Gasteiger partial charge in [0.1, 0.15) is 0 Å². The van der Waals surface area contributed by atoms with Crippen molar-refractivity contribution in [1.82, 2.24) is 0 Å². The Kier molecular flexibility index (Phi) is 13.0. The molecule has 0 aliphatic carbocycles. The average Bonchev–Trinajstić information content (AvgIpc) is 1.93. The fourth-order valence-electron chi connectivity index (χ4n) is 0.260. The lowest BCUT2D eigenvalue weighted by atomic mass is 10.2. The largest absolute Gasteiger partial charge is 0.309 e. The number of allylic oxidation sites excluding steroid dienone is 2. The van der Waals surface area contributed by atoms with E-state index in [1.807, 2.05) is 20.8 Å². The molecule has 1 N–H and O–H groups in total. The Balaban J connectivity index is 0. The van der Waals surface area contributed by atoms with Gasteiger partial charge < -0.3 is 5.41 Å². The molecule has 0 atom stereocenters. The van der Waals surface area contributed by atoms with E-state index in [0.29, 0.717) is 0 Å². The Hall–Kier alpha value is -0.590. The van der Waals surface area contributed by atoms with Crippen LogP contribution < -0.4 is 0 Å². The standard InChI is InChI=1S/C6H11N.C2H6/c1-3-6(2)4-5-7;1-2/h4-5,7H,3H2,1-2H3;1-2H3/b6-4+,7-5?;. The van der Waals surface area contributed by atoms with Crippen molar-refractivity contribution < 1.29 is 0 Å². The predicted molar refractivity (Wildman–Crippen MR) is 44.2 cm³/mol. The second-order valence-electron chi connectivity index (χ2n) is 1.53. The van der Waals surface area contributed by atoms with Gasteiger partial charge in [-0.15, -0.1) is 0 Å². The second-order valence-corrected chi connectivity index (χ2v) is 1.53. The summed E-state index contributed by atoms with van der Waals surface area (Å²) < 4.78 is 0. The van der Waals surface area contributed by atoms with Crippen LogP contribution in [0.3, 0.4) is 0 Å². The number of rotatable bonds is 2. The molecule has 0 aliphatic heterocycles. The van der Waals surface area contributed by atoms with E-state index in [-0.39, 0.29) is 0 Å². The monoisotopic (exact) mass is 127 g/mol. The Bertz CT molecular complexity index is 82.6. The molecule has 9 heavy (non-hydrogen) atoms. The van der Waals surface area contributed by atoms with Crippen LogP contribution in [-0.4, -0.2) is 6.21 Å². The van der Waals surface area contributed by atoms with Crippen LogP contribution in [0.15, 0.2) is 11.6 Å². The normalized spacial score (nSPS) is 9.56. The molecule has 1 nitrogen and oxygen atoms in total. The Labute approximate surface area is 58.3 Å². The van der Waals surface area contributed by atoms with Crippen LogP contribution in [0.4, 0.5) is 0 Å². The first-order chi connectivity index (χ1) is 4.31. The molecule has 0 saturated carbocycles. The molecule has 54 valence electrons. The molecule has 0 unspecified atom stereocenters. The SMILES string of the molecule is CC.CC/C(C)=C/C=N. The van der Waals surface area contributed by atoms with E-state index in [1.165, 1.54) is 11.8 Å². The zero-order valence-corrected chi connectivity index (χ0v) is 6.86. The zero-order chi connectivity index (χ0) is 7.70. The summed E-state index contributed by atoms with van der Waals surface area (Å²) in [5, 5.41) is 6.64. The Morgan fingerprint density at radius 2 is 1.89 bits per heavy atom. The maximum Gasteiger partial charge on any atom is 0.0177 e. The lowest BCUT2D eigenvalue weighted by Gasteiger charge is -1.85. The highest BCUT2D eigenvalue weighted by Crippen LogP contribution is 1.93. The molecule has 0 amide bonds. The third-order valence-electron chi connectivity index (χ3n) is 0.926. The predicted octanol–water partition coefficient (Wildman–Crippen LogP) is 3.02. The van der Waals surface area contributed by atoms with Crippen LogP contribution in [0, 0.1) is 5.41 Å². The molecule has 1 heteroatoms. The van der Waals surface area contributed by atoms with Gasteiger partial charge in [-0.3, -0.25) is 0 Å². The second kappa shape index (κ2) is 10.4. The number of nitrogens with one attached hydrogen (secondary N) is 1. The lowest BCUT2D eigenvalue weighted by molar-refractivity contribution is 1.10. The Morgan fingerprint density at radius 3 is 2.00 bits per heavy atom. The van der Waals surface area contributed by atoms with E-state index in [2.05, 4.69) is 6.92 Å². The summed E-state index contributed by atoms with van der Waals surface area (Å²) in [6.45, 7) is 8.10. The molecule has 0 saturated heterocycles. The molecule has 0 fully saturated rings. The Morgan fingerprint density at radius 1 is 1.44 bits per heavy atom. The summed E-state index contributed by atoms with van der Waals surface area (Å²) in [4.78, 5) is 0. The van der Waals surface area contributed by atoms with Crippen LogP contribution >= 0.6 is 0 Å². The van der Waals surface area contributed by atoms with Crippen LogP contribution in [0.2, 0.25) is 0 Å². The van der Waals surface area contributed by atoms with Gasteiger partial charge in [-0.25, -0.2) is 0 Å². The highest BCUT2D eigenvalue weighted by Gasteiger charge is 1.75. The zero-order valence-electron chi connectivity index (χ0n) is 6.86. The van der Waals surface area contributed by atoms with E-state index in [1.54, 1.807) is 6.08 Å². The molecular weight excluding hydrogens is 110 g/mol. The third kappa shape index (κ3) is 11.2. The molecule has 0 aromatic rings. The summed E-state index contributed by atoms with van der Waals surface area (Å²) in [6.07, 6.45) is 4.17. The van der Waals surface area contributed by atoms with E-state index >= 15 is 0 Å². The van der Waals surface area contributed by atoms with Crippen molar-refractivity contribution in [2.24, 2.45) is 0 Å². The van der Waals surface area contributed by atoms with Gasteiger partial charge in [0.25, 0.3) is 0 Å². The van der Waals surface area contributed by atoms with Crippen LogP contribution in [0.5, 0.6) is 0 Å². The van der Waals surface area contributed by atoms with Crippen molar-refractivity contribution in [2.45, 2.75) is 34.1 Å². The van der Waals surface area contributed by atoms with Crippen molar-refractivity contribution >= 4 is 6.21 Å². The highest BCUT2D eigenvalue weighted by atomic mass is 14.3. The number of hydrogen-bond acceptors (Lipinski definition) is 1. The molecule has 0 spiro atoms. The van der Waals surface area contributed by atoms with E-state index in [0.717, 1.165) is 6.42 Å². The summed E-state index contributed by atoms with van der Waals surface area (Å²) in [5.41, 5.74) is 1.26. The summed E-state index contributed by atoms with van der Waals surface area (Å²) in [5.74, 6) is 0. The minimum absolute atomic E-state index is 1.05. The van der Waals surface area contributed by atoms with Crippen molar-refractivity contribution in [3.63, 3.8) is 0 Å². The molecule has 0 bridgehead atoms. The van der Waals surface area contributed by atoms with Gasteiger partial charge in [0.15, 0.2) is 0 Å². The van der Waals surface area contributed by atoms with Gasteiger partial charge in [-0.1, -0.05) is 26.3 Å². The molecule has 0 rings (SSSR count). The molecule has 0 radical (unpaired) electrons. The van der Waals surface area contributed by atoms with Crippen molar-refractivity contribution in [1.29, 1.82) is 5.41 Å². The fourth-order valence-corrected chi connectivity index (χ4v) is 0.260. The summed E-state index contributed by atoms with van der Waals surface area (Å²) >= 11 is 0. The fraction of sp³-hybridized carbons (Fsp3) is 0.625. The van der Waals surface area contributed by atoms with Crippen molar-refractivity contribution in [3.05, 3.63) is 11.6 Å². The van der Waals surface area contributed by atoms with E-state index in [9.17, 15) is 0 Å². The van der Waals surface area contributed by atoms with Gasteiger partial charge in [0.2, 0.25) is 0 Å². The summed E-state index contributed by atoms with van der Waals surface area (Å²) in [7, 11) is 0. The molecule has 0 heterocycles. The molecular formula is C8H17N. The molecule has 0 aromatic carbocycles. The minimum Gasteiger partial charge on any atom is -0.309 e. The smallest absolute Gasteiger partial charge is 0.0177 e. The quantitative estimate of drug-likeness (QED) is 0.551. The topological polar surface area (TPSA) is 23.9 Å². The van der Waals surface area contributed by atoms with Gasteiger partial charge >= 0.3 is 0 Å². The first-order valence-electron chi connectivity index (χ1n) is 3.47. The van der Waals surface area contributed by atoms with Crippen LogP contribution in [0.25, 0.3) is 0 Å². The van der Waals surface area contributed by atoms with Gasteiger partial charge in [0.05, 0.1) is 0 Å². The average molecular weight is 127 g/mol. The van der Waals surface area contributed by atoms with Crippen molar-refractivity contribution in [3.8, 4) is 0 Å². The molecule has 0 aromatic heterocycles. The van der Waals surface area contributed by atoms with Crippen LogP contribution in [-0.2, 0) is 0 Å². The van der Waals surface area contributed by atoms with Gasteiger partial charge in [-0.05, 0) is 19.4 Å². The minimum atomic E-state index is 1.05. The van der Waals surface area contributed by atoms with E-state index in [4.69, 9.17) is 5.41 Å². The van der Waals surface area contributed by atoms with Crippen molar-refractivity contribution in [2.75, 3.05) is 0 Å². The first-order valence-corrected chi connectivity index (χ1v) is 3.47. The van der Waals surface area contributed by atoms with Crippen LogP contribution in [0.1, 0.15) is 34.1 Å². The number of hydrogen-bond donors (Lipinski definition) is 1. The van der Waals surface area contributed by atoms with Gasteiger partial charge in [0, 0.05) is 6.21 Å². The highest BCUT2D eigenvalue weighted by molar-refractivity contribution is 5.68. The van der Waals surface area contributed by atoms with E-state index < -0.39 is 0 Å². The first kappa shape index (κ1) is 11.2. The lowest BCUT2D eigenvalue weighted by Crippen LogP contribution is -1.69. The molecule has 0 aliphatic rings. The maximum atomic E-state index is 6.64. The third-order valence-corrected chi connectivity index (χ3v) is 0.926. The van der Waals surface area contributed by atoms with Gasteiger partial charge in [-0.2, -0.15) is 0 Å². The maximum absolute atomic E-state index is 6.64. The summed E-state index contributed by atoms with van der Waals surface area (Å²) in [6, 6.07) is 0.